The molecule has 0 radical (unpaired) electrons. The Balaban J connectivity index is 2.10. The van der Waals surface area contributed by atoms with Crippen molar-refractivity contribution in [3.05, 3.63) is 50.6 Å². The molecule has 9 nitrogen and oxygen atoms in total. The van der Waals surface area contributed by atoms with Crippen LogP contribution in [0, 0.1) is 17.0 Å². The molecule has 2 aromatic heterocycles. The summed E-state index contributed by atoms with van der Waals surface area (Å²) in [5.74, 6) is -0.449. The topological polar surface area (TPSA) is 105 Å². The molecular formula is C18H21N5O4S. The van der Waals surface area contributed by atoms with Gasteiger partial charge in [-0.15, -0.1) is 0 Å². The van der Waals surface area contributed by atoms with E-state index in [0.29, 0.717) is 22.7 Å². The van der Waals surface area contributed by atoms with Crippen molar-refractivity contribution in [3.63, 3.8) is 0 Å². The van der Waals surface area contributed by atoms with E-state index in [2.05, 4.69) is 10.1 Å². The van der Waals surface area contributed by atoms with Crippen LogP contribution in [0.15, 0.2) is 29.3 Å². The normalized spacial score (nSPS) is 12.2. The van der Waals surface area contributed by atoms with Crippen LogP contribution >= 0.6 is 11.3 Å². The average Bonchev–Trinajstić information content (AvgIpc) is 3.19. The van der Waals surface area contributed by atoms with Gasteiger partial charge >= 0.3 is 0 Å². The van der Waals surface area contributed by atoms with Gasteiger partial charge in [0, 0.05) is 37.5 Å². The Kier molecular flexibility index (Phi) is 5.71. The number of rotatable bonds is 6. The number of non-ortho nitro benzene ring substituents is 1. The van der Waals surface area contributed by atoms with E-state index in [9.17, 15) is 14.9 Å². The Morgan fingerprint density at radius 2 is 2.14 bits per heavy atom. The lowest BCUT2D eigenvalue weighted by molar-refractivity contribution is -0.384. The summed E-state index contributed by atoms with van der Waals surface area (Å²) in [6, 6.07) is 6.45. The number of nitro benzene ring substituents is 1. The van der Waals surface area contributed by atoms with Crippen LogP contribution in [0.3, 0.4) is 0 Å². The maximum absolute atomic E-state index is 12.7. The van der Waals surface area contributed by atoms with Crippen molar-refractivity contribution in [3.8, 4) is 0 Å². The van der Waals surface area contributed by atoms with Crippen LogP contribution in [0.25, 0.3) is 10.2 Å². The van der Waals surface area contributed by atoms with Crippen LogP contribution in [0.2, 0.25) is 0 Å². The number of carbonyl (C=O) groups is 1. The van der Waals surface area contributed by atoms with Gasteiger partial charge in [-0.2, -0.15) is 10.1 Å². The summed E-state index contributed by atoms with van der Waals surface area (Å²) in [6.07, 6.45) is 0. The molecule has 0 aliphatic rings. The van der Waals surface area contributed by atoms with Gasteiger partial charge in [0.05, 0.1) is 21.7 Å². The number of benzene rings is 1. The second kappa shape index (κ2) is 8.03. The first-order valence-electron chi connectivity index (χ1n) is 8.73. The largest absolute Gasteiger partial charge is 0.383 e. The molecule has 0 unspecified atom stereocenters. The minimum Gasteiger partial charge on any atom is -0.383 e. The number of hydrogen-bond acceptors (Lipinski definition) is 6. The first kappa shape index (κ1) is 19.9. The second-order valence-corrected chi connectivity index (χ2v) is 7.57. The van der Waals surface area contributed by atoms with Gasteiger partial charge in [-0.1, -0.05) is 11.3 Å². The fourth-order valence-corrected chi connectivity index (χ4v) is 4.01. The SMILES string of the molecule is COCCn1c(=NC(=O)c2cc(C)n(C(C)C)n2)sc2cc([N+](=O)[O-])ccc21. The fourth-order valence-electron chi connectivity index (χ4n) is 2.92. The molecule has 0 saturated heterocycles. The van der Waals surface area contributed by atoms with Crippen LogP contribution in [0.4, 0.5) is 5.69 Å². The quantitative estimate of drug-likeness (QED) is 0.465. The first-order valence-corrected chi connectivity index (χ1v) is 9.55. The van der Waals surface area contributed by atoms with Crippen molar-refractivity contribution in [2.24, 2.45) is 4.99 Å². The number of thiazole rings is 1. The molecule has 0 atom stereocenters. The Labute approximate surface area is 165 Å². The lowest BCUT2D eigenvalue weighted by Gasteiger charge is -2.06. The number of aromatic nitrogens is 3. The van der Waals surface area contributed by atoms with Crippen molar-refractivity contribution in [2.45, 2.75) is 33.4 Å². The number of methoxy groups -OCH3 is 1. The van der Waals surface area contributed by atoms with Gasteiger partial charge in [0.1, 0.15) is 0 Å². The third-order valence-electron chi connectivity index (χ3n) is 4.22. The van der Waals surface area contributed by atoms with Gasteiger partial charge in [0.25, 0.3) is 11.6 Å². The van der Waals surface area contributed by atoms with Crippen LogP contribution in [0.1, 0.15) is 36.1 Å². The minimum absolute atomic E-state index is 0.00295. The van der Waals surface area contributed by atoms with E-state index in [1.54, 1.807) is 23.9 Å². The van der Waals surface area contributed by atoms with Crippen LogP contribution in [-0.2, 0) is 11.3 Å². The smallest absolute Gasteiger partial charge is 0.300 e. The van der Waals surface area contributed by atoms with Gasteiger partial charge in [-0.05, 0) is 32.9 Å². The van der Waals surface area contributed by atoms with E-state index in [0.717, 1.165) is 11.2 Å². The molecule has 28 heavy (non-hydrogen) atoms. The van der Waals surface area contributed by atoms with Crippen molar-refractivity contribution >= 4 is 33.1 Å². The maximum atomic E-state index is 12.7. The number of hydrogen-bond donors (Lipinski definition) is 0. The number of aryl methyl sites for hydroxylation is 1. The number of nitrogens with zero attached hydrogens (tertiary/aromatic N) is 5. The predicted octanol–water partition coefficient (Wildman–Crippen LogP) is 3.08. The zero-order chi connectivity index (χ0) is 20.4. The summed E-state index contributed by atoms with van der Waals surface area (Å²) in [5.41, 5.74) is 1.92. The molecule has 1 amide bonds. The lowest BCUT2D eigenvalue weighted by Crippen LogP contribution is -2.19. The Morgan fingerprint density at radius 3 is 2.75 bits per heavy atom. The van der Waals surface area contributed by atoms with E-state index in [1.807, 2.05) is 25.3 Å². The first-order chi connectivity index (χ1) is 13.3. The maximum Gasteiger partial charge on any atom is 0.300 e. The van der Waals surface area contributed by atoms with Gasteiger partial charge in [0.15, 0.2) is 10.5 Å². The summed E-state index contributed by atoms with van der Waals surface area (Å²) in [7, 11) is 1.59. The van der Waals surface area contributed by atoms with E-state index >= 15 is 0 Å². The van der Waals surface area contributed by atoms with Gasteiger partial charge in [-0.25, -0.2) is 0 Å². The summed E-state index contributed by atoms with van der Waals surface area (Å²) < 4.78 is 9.44. The fraction of sp³-hybridized carbons (Fsp3) is 0.389. The zero-order valence-corrected chi connectivity index (χ0v) is 16.9. The zero-order valence-electron chi connectivity index (χ0n) is 16.1. The molecule has 0 fully saturated rings. The predicted molar refractivity (Wildman–Crippen MR) is 106 cm³/mol. The third-order valence-corrected chi connectivity index (χ3v) is 5.27. The molecule has 0 N–H and O–H groups in total. The monoisotopic (exact) mass is 403 g/mol. The standard InChI is InChI=1S/C18H21N5O4S/c1-11(2)22-12(3)9-14(20-22)17(24)19-18-21(7-8-27-4)15-6-5-13(23(25)26)10-16(15)28-18/h5-6,9-11H,7-8H2,1-4H3. The Morgan fingerprint density at radius 1 is 1.39 bits per heavy atom. The van der Waals surface area contributed by atoms with E-state index in [-0.39, 0.29) is 17.4 Å². The highest BCUT2D eigenvalue weighted by Gasteiger charge is 2.16. The van der Waals surface area contributed by atoms with Crippen LogP contribution in [-0.4, -0.2) is 38.9 Å². The molecule has 2 heterocycles. The summed E-state index contributed by atoms with van der Waals surface area (Å²) in [5, 5.41) is 15.4. The van der Waals surface area contributed by atoms with Gasteiger partial charge in [0.2, 0.25) is 0 Å². The molecule has 0 aliphatic carbocycles. The molecule has 0 spiro atoms. The number of amides is 1. The molecule has 0 aliphatic heterocycles. The number of nitro groups is 1. The summed E-state index contributed by atoms with van der Waals surface area (Å²) in [6.45, 7) is 6.76. The van der Waals surface area contributed by atoms with Gasteiger partial charge in [-0.3, -0.25) is 19.6 Å². The minimum atomic E-state index is -0.449. The van der Waals surface area contributed by atoms with Crippen molar-refractivity contribution in [2.75, 3.05) is 13.7 Å². The average molecular weight is 403 g/mol. The molecule has 1 aromatic carbocycles. The van der Waals surface area contributed by atoms with E-state index < -0.39 is 10.8 Å². The van der Waals surface area contributed by atoms with E-state index in [4.69, 9.17) is 4.74 Å². The molecule has 3 rings (SSSR count). The van der Waals surface area contributed by atoms with E-state index in [1.165, 1.54) is 23.5 Å². The third kappa shape index (κ3) is 3.87. The number of ether oxygens (including phenoxy) is 1. The lowest BCUT2D eigenvalue weighted by atomic mass is 10.3. The molecule has 0 bridgehead atoms. The highest BCUT2D eigenvalue weighted by Crippen LogP contribution is 2.23. The van der Waals surface area contributed by atoms with Crippen LogP contribution < -0.4 is 4.80 Å². The van der Waals surface area contributed by atoms with Crippen molar-refractivity contribution < 1.29 is 14.5 Å². The van der Waals surface area contributed by atoms with Crippen molar-refractivity contribution in [1.29, 1.82) is 0 Å². The molecule has 148 valence electrons. The van der Waals surface area contributed by atoms with Crippen LogP contribution in [0.5, 0.6) is 0 Å². The number of carbonyl (C=O) groups excluding carboxylic acids is 1. The highest BCUT2D eigenvalue weighted by molar-refractivity contribution is 7.16. The Bertz CT molecular complexity index is 1110. The van der Waals surface area contributed by atoms with Crippen molar-refractivity contribution in [1.82, 2.24) is 14.3 Å². The second-order valence-electron chi connectivity index (χ2n) is 6.56. The Hall–Kier alpha value is -2.85. The highest BCUT2D eigenvalue weighted by atomic mass is 32.1. The summed E-state index contributed by atoms with van der Waals surface area (Å²) >= 11 is 1.23. The molecule has 10 heteroatoms. The van der Waals surface area contributed by atoms with Gasteiger partial charge < -0.3 is 9.30 Å². The molecular weight excluding hydrogens is 382 g/mol. The number of fused-ring (bicyclic) bond motifs is 1. The molecule has 0 saturated carbocycles. The molecule has 3 aromatic rings. The summed E-state index contributed by atoms with van der Waals surface area (Å²) in [4.78, 5) is 28.0.